The molecule has 0 aliphatic heterocycles. The van der Waals surface area contributed by atoms with E-state index in [0.29, 0.717) is 23.4 Å². The molecule has 2 aromatic carbocycles. The van der Waals surface area contributed by atoms with E-state index in [9.17, 15) is 9.18 Å². The zero-order valence-electron chi connectivity index (χ0n) is 13.9. The fraction of sp³-hybridized carbons (Fsp3) is 0.158. The first-order chi connectivity index (χ1) is 12.1. The lowest BCUT2D eigenvalue weighted by molar-refractivity contribution is -0.118. The van der Waals surface area contributed by atoms with Crippen molar-refractivity contribution < 1.29 is 9.18 Å². The Hall–Kier alpha value is -2.99. The lowest BCUT2D eigenvalue weighted by atomic mass is 10.1. The second-order valence-electron chi connectivity index (χ2n) is 5.38. The minimum Gasteiger partial charge on any atom is -0.404 e. The smallest absolute Gasteiger partial charge is 0.246 e. The van der Waals surface area contributed by atoms with Crippen LogP contribution in [0.3, 0.4) is 0 Å². The van der Waals surface area contributed by atoms with Crippen molar-refractivity contribution in [1.82, 2.24) is 5.32 Å². The molecule has 130 valence electrons. The molecule has 5 N–H and O–H groups in total. The number of nitrogens with one attached hydrogen (secondary N) is 3. The Morgan fingerprint density at radius 1 is 1.20 bits per heavy atom. The van der Waals surface area contributed by atoms with Gasteiger partial charge in [-0.1, -0.05) is 31.2 Å². The van der Waals surface area contributed by atoms with Gasteiger partial charge in [0, 0.05) is 23.7 Å². The second-order valence-corrected chi connectivity index (χ2v) is 5.38. The number of carbonyl (C=O) groups excluding carboxylic acids is 1. The first-order valence-electron chi connectivity index (χ1n) is 7.91. The van der Waals surface area contributed by atoms with Crippen molar-refractivity contribution in [2.45, 2.75) is 13.0 Å². The number of amides is 1. The van der Waals surface area contributed by atoms with Crippen molar-refractivity contribution in [3.63, 3.8) is 0 Å². The molecule has 0 saturated carbocycles. The summed E-state index contributed by atoms with van der Waals surface area (Å²) in [5.74, 6) is -0.576. The number of carbonyl (C=O) groups is 1. The quantitative estimate of drug-likeness (QED) is 0.584. The molecule has 0 aliphatic carbocycles. The van der Waals surface area contributed by atoms with Crippen LogP contribution in [-0.2, 0) is 4.79 Å². The maximum atomic E-state index is 13.1. The number of nitrogens with two attached hydrogens (primary N) is 1. The van der Waals surface area contributed by atoms with Gasteiger partial charge >= 0.3 is 0 Å². The van der Waals surface area contributed by atoms with Crippen LogP contribution in [0.15, 0.2) is 54.7 Å². The highest BCUT2D eigenvalue weighted by molar-refractivity contribution is 6.08. The predicted octanol–water partition coefficient (Wildman–Crippen LogP) is 3.06. The van der Waals surface area contributed by atoms with Crippen LogP contribution in [0.5, 0.6) is 0 Å². The van der Waals surface area contributed by atoms with Gasteiger partial charge in [0.25, 0.3) is 0 Å². The van der Waals surface area contributed by atoms with Crippen LogP contribution in [0.2, 0.25) is 0 Å². The summed E-state index contributed by atoms with van der Waals surface area (Å²) in [6.07, 6.45) is 2.53. The average Bonchev–Trinajstić information content (AvgIpc) is 2.63. The van der Waals surface area contributed by atoms with E-state index in [2.05, 4.69) is 10.6 Å². The normalized spacial score (nSPS) is 12.5. The Morgan fingerprint density at radius 2 is 1.84 bits per heavy atom. The highest BCUT2D eigenvalue weighted by atomic mass is 19.1. The van der Waals surface area contributed by atoms with E-state index < -0.39 is 6.04 Å². The molecule has 0 bridgehead atoms. The highest BCUT2D eigenvalue weighted by Crippen LogP contribution is 2.19. The Morgan fingerprint density at radius 3 is 2.36 bits per heavy atom. The fourth-order valence-corrected chi connectivity index (χ4v) is 2.41. The van der Waals surface area contributed by atoms with Gasteiger partial charge in [-0.3, -0.25) is 4.79 Å². The molecule has 0 radical (unpaired) electrons. The zero-order chi connectivity index (χ0) is 18.2. The van der Waals surface area contributed by atoms with Crippen molar-refractivity contribution >= 4 is 23.4 Å². The van der Waals surface area contributed by atoms with Gasteiger partial charge in [-0.2, -0.15) is 0 Å². The number of hydrogen-bond donors (Lipinski definition) is 4. The molecule has 25 heavy (non-hydrogen) atoms. The molecule has 1 atom stereocenters. The van der Waals surface area contributed by atoms with Crippen LogP contribution in [0.25, 0.3) is 5.57 Å². The molecule has 5 nitrogen and oxygen atoms in total. The Balaban J connectivity index is 2.15. The summed E-state index contributed by atoms with van der Waals surface area (Å²) in [6, 6.07) is 12.3. The van der Waals surface area contributed by atoms with Gasteiger partial charge in [0.05, 0.1) is 0 Å². The average molecular weight is 340 g/mol. The lowest BCUT2D eigenvalue weighted by Crippen LogP contribution is -2.32. The van der Waals surface area contributed by atoms with Crippen LogP contribution in [-0.4, -0.2) is 18.7 Å². The molecule has 0 aliphatic rings. The van der Waals surface area contributed by atoms with E-state index in [1.807, 2.05) is 6.92 Å². The van der Waals surface area contributed by atoms with Gasteiger partial charge in [-0.05, 0) is 41.9 Å². The van der Waals surface area contributed by atoms with Gasteiger partial charge in [0.2, 0.25) is 5.91 Å². The van der Waals surface area contributed by atoms with Gasteiger partial charge in [-0.15, -0.1) is 0 Å². The molecular weight excluding hydrogens is 319 g/mol. The summed E-state index contributed by atoms with van der Waals surface area (Å²) < 4.78 is 13.1. The van der Waals surface area contributed by atoms with Crippen LogP contribution in [0.1, 0.15) is 24.1 Å². The third-order valence-corrected chi connectivity index (χ3v) is 3.69. The van der Waals surface area contributed by atoms with E-state index >= 15 is 0 Å². The molecule has 6 heteroatoms. The Labute approximate surface area is 146 Å². The molecule has 0 aromatic heterocycles. The number of benzene rings is 2. The maximum Gasteiger partial charge on any atom is 0.246 e. The Bertz CT molecular complexity index is 754. The molecule has 0 spiro atoms. The van der Waals surface area contributed by atoms with Crippen LogP contribution in [0.4, 0.5) is 10.1 Å². The fourth-order valence-electron chi connectivity index (χ4n) is 2.41. The van der Waals surface area contributed by atoms with E-state index in [0.717, 1.165) is 5.56 Å². The minimum absolute atomic E-state index is 0.233. The summed E-state index contributed by atoms with van der Waals surface area (Å²) in [7, 11) is 0. The first kappa shape index (κ1) is 18.4. The lowest BCUT2D eigenvalue weighted by Gasteiger charge is -2.18. The highest BCUT2D eigenvalue weighted by Gasteiger charge is 2.19. The molecule has 0 saturated heterocycles. The minimum atomic E-state index is -0.577. The second kappa shape index (κ2) is 8.75. The molecule has 2 rings (SSSR count). The van der Waals surface area contributed by atoms with Crippen LogP contribution < -0.4 is 16.4 Å². The largest absolute Gasteiger partial charge is 0.404 e. The van der Waals surface area contributed by atoms with Gasteiger partial charge in [0.15, 0.2) is 0 Å². The predicted molar refractivity (Wildman–Crippen MR) is 98.8 cm³/mol. The number of hydrogen-bond acceptors (Lipinski definition) is 4. The summed E-state index contributed by atoms with van der Waals surface area (Å²) in [4.78, 5) is 12.6. The topological polar surface area (TPSA) is 91.0 Å². The van der Waals surface area contributed by atoms with Crippen molar-refractivity contribution in [3.8, 4) is 0 Å². The summed E-state index contributed by atoms with van der Waals surface area (Å²) in [5, 5.41) is 13.2. The van der Waals surface area contributed by atoms with E-state index in [1.54, 1.807) is 36.4 Å². The van der Waals surface area contributed by atoms with Crippen molar-refractivity contribution in [2.75, 3.05) is 11.9 Å². The SMILES string of the molecule is CCNC(C(=O)Nc1ccc(/C(C=N)=C/N)cc1)c1ccc(F)cc1. The van der Waals surface area contributed by atoms with E-state index in [1.165, 1.54) is 24.5 Å². The standard InChI is InChI=1S/C19H21FN4O/c1-2-23-18(14-3-7-16(20)8-4-14)19(25)24-17-9-5-13(6-10-17)15(11-21)12-22/h3-12,18,21,23H,2,22H2,1H3,(H,24,25)/b15-12+,21-11?. The molecular formula is C19H21FN4O. The van der Waals surface area contributed by atoms with Gasteiger partial charge in [0.1, 0.15) is 11.9 Å². The number of halogens is 1. The molecule has 1 unspecified atom stereocenters. The van der Waals surface area contributed by atoms with Crippen LogP contribution >= 0.6 is 0 Å². The first-order valence-corrected chi connectivity index (χ1v) is 7.91. The van der Waals surface area contributed by atoms with Gasteiger partial charge < -0.3 is 21.8 Å². The number of allylic oxidation sites excluding steroid dienone is 1. The summed E-state index contributed by atoms with van der Waals surface area (Å²) in [5.41, 5.74) is 8.16. The molecule has 2 aromatic rings. The monoisotopic (exact) mass is 340 g/mol. The third-order valence-electron chi connectivity index (χ3n) is 3.69. The summed E-state index contributed by atoms with van der Waals surface area (Å²) in [6.45, 7) is 2.50. The molecule has 0 fully saturated rings. The molecule has 0 heterocycles. The number of likely N-dealkylation sites (N-methyl/N-ethyl adjacent to an activating group) is 1. The summed E-state index contributed by atoms with van der Waals surface area (Å²) >= 11 is 0. The number of anilines is 1. The number of rotatable bonds is 7. The third kappa shape index (κ3) is 4.74. The van der Waals surface area contributed by atoms with Crippen molar-refractivity contribution in [2.24, 2.45) is 5.73 Å². The van der Waals surface area contributed by atoms with Crippen LogP contribution in [0, 0.1) is 11.2 Å². The Kier molecular flexibility index (Phi) is 6.42. The molecule has 1 amide bonds. The van der Waals surface area contributed by atoms with Crippen molar-refractivity contribution in [1.29, 1.82) is 5.41 Å². The van der Waals surface area contributed by atoms with E-state index in [4.69, 9.17) is 11.1 Å². The maximum absolute atomic E-state index is 13.1. The van der Waals surface area contributed by atoms with Crippen molar-refractivity contribution in [3.05, 3.63) is 71.7 Å². The van der Waals surface area contributed by atoms with Gasteiger partial charge in [-0.25, -0.2) is 4.39 Å². The van der Waals surface area contributed by atoms with E-state index in [-0.39, 0.29) is 11.7 Å². The zero-order valence-corrected chi connectivity index (χ0v) is 13.9.